The summed E-state index contributed by atoms with van der Waals surface area (Å²) in [6.45, 7) is 1.87. The summed E-state index contributed by atoms with van der Waals surface area (Å²) >= 11 is 0. The number of aromatic nitrogens is 1. The first-order chi connectivity index (χ1) is 13.0. The second-order valence-electron chi connectivity index (χ2n) is 6.03. The van der Waals surface area contributed by atoms with E-state index in [9.17, 15) is 13.6 Å². The highest BCUT2D eigenvalue weighted by Gasteiger charge is 2.11. The molecule has 7 heteroatoms. The second-order valence-corrected chi connectivity index (χ2v) is 6.03. The SMILES string of the molecule is Cc1cc(=O)oc2cc(OCc3cc(-c4cc(F)cc(F)c4)no3)ccc12. The van der Waals surface area contributed by atoms with Crippen molar-refractivity contribution in [1.29, 1.82) is 0 Å². The normalized spacial score (nSPS) is 11.1. The number of rotatable bonds is 4. The molecule has 0 saturated heterocycles. The summed E-state index contributed by atoms with van der Waals surface area (Å²) in [6, 6.07) is 11.2. The third kappa shape index (κ3) is 3.57. The van der Waals surface area contributed by atoms with Crippen LogP contribution in [0.1, 0.15) is 11.3 Å². The van der Waals surface area contributed by atoms with Crippen molar-refractivity contribution in [3.05, 3.63) is 81.9 Å². The average Bonchev–Trinajstić information content (AvgIpc) is 3.07. The van der Waals surface area contributed by atoms with Gasteiger partial charge in [0.05, 0.1) is 0 Å². The number of aryl methyl sites for hydroxylation is 1. The van der Waals surface area contributed by atoms with Crippen LogP contribution in [0.25, 0.3) is 22.2 Å². The third-order valence-electron chi connectivity index (χ3n) is 4.02. The quantitative estimate of drug-likeness (QED) is 0.491. The first-order valence-electron chi connectivity index (χ1n) is 8.07. The van der Waals surface area contributed by atoms with E-state index in [2.05, 4.69) is 5.16 Å². The maximum absolute atomic E-state index is 13.3. The zero-order chi connectivity index (χ0) is 19.0. The highest BCUT2D eigenvalue weighted by Crippen LogP contribution is 2.25. The van der Waals surface area contributed by atoms with Crippen LogP contribution in [-0.4, -0.2) is 5.16 Å². The van der Waals surface area contributed by atoms with Crippen molar-refractivity contribution in [3.63, 3.8) is 0 Å². The van der Waals surface area contributed by atoms with Crippen LogP contribution < -0.4 is 10.4 Å². The van der Waals surface area contributed by atoms with Crippen molar-refractivity contribution in [2.24, 2.45) is 0 Å². The monoisotopic (exact) mass is 369 g/mol. The van der Waals surface area contributed by atoms with Crippen LogP contribution in [-0.2, 0) is 6.61 Å². The van der Waals surface area contributed by atoms with Gasteiger partial charge in [-0.25, -0.2) is 13.6 Å². The van der Waals surface area contributed by atoms with Crippen LogP contribution in [0.2, 0.25) is 0 Å². The molecule has 0 unspecified atom stereocenters. The van der Waals surface area contributed by atoms with Crippen molar-refractivity contribution >= 4 is 11.0 Å². The van der Waals surface area contributed by atoms with Crippen LogP contribution in [0.4, 0.5) is 8.78 Å². The number of fused-ring (bicyclic) bond motifs is 1. The van der Waals surface area contributed by atoms with E-state index in [1.165, 1.54) is 18.2 Å². The molecule has 2 heterocycles. The smallest absolute Gasteiger partial charge is 0.336 e. The molecule has 2 aromatic carbocycles. The minimum atomic E-state index is -0.696. The molecule has 0 radical (unpaired) electrons. The van der Waals surface area contributed by atoms with E-state index in [1.807, 2.05) is 6.92 Å². The van der Waals surface area contributed by atoms with Gasteiger partial charge >= 0.3 is 5.63 Å². The fourth-order valence-corrected chi connectivity index (χ4v) is 2.77. The fraction of sp³-hybridized carbons (Fsp3) is 0.100. The molecule has 0 spiro atoms. The average molecular weight is 369 g/mol. The van der Waals surface area contributed by atoms with Crippen LogP contribution in [0, 0.1) is 18.6 Å². The minimum absolute atomic E-state index is 0.0480. The molecular formula is C20H13F2NO4. The Morgan fingerprint density at radius 2 is 1.81 bits per heavy atom. The molecule has 0 fully saturated rings. The maximum Gasteiger partial charge on any atom is 0.336 e. The lowest BCUT2D eigenvalue weighted by Gasteiger charge is -2.05. The molecule has 0 amide bonds. The van der Waals surface area contributed by atoms with Gasteiger partial charge < -0.3 is 13.7 Å². The first-order valence-corrected chi connectivity index (χ1v) is 8.07. The molecular weight excluding hydrogens is 356 g/mol. The molecule has 0 saturated carbocycles. The van der Waals surface area contributed by atoms with Crippen LogP contribution >= 0.6 is 0 Å². The van der Waals surface area contributed by atoms with Crippen LogP contribution in [0.3, 0.4) is 0 Å². The van der Waals surface area contributed by atoms with Crippen molar-refractivity contribution in [3.8, 4) is 17.0 Å². The van der Waals surface area contributed by atoms with Crippen molar-refractivity contribution in [2.45, 2.75) is 13.5 Å². The van der Waals surface area contributed by atoms with E-state index >= 15 is 0 Å². The zero-order valence-corrected chi connectivity index (χ0v) is 14.2. The molecule has 4 aromatic rings. The van der Waals surface area contributed by atoms with E-state index in [1.54, 1.807) is 24.3 Å². The van der Waals surface area contributed by atoms with Crippen molar-refractivity contribution in [2.75, 3.05) is 0 Å². The number of nitrogens with zero attached hydrogens (tertiary/aromatic N) is 1. The van der Waals surface area contributed by atoms with E-state index in [0.717, 1.165) is 17.0 Å². The van der Waals surface area contributed by atoms with E-state index in [-0.39, 0.29) is 12.2 Å². The molecule has 0 aliphatic carbocycles. The van der Waals surface area contributed by atoms with Crippen molar-refractivity contribution in [1.82, 2.24) is 5.16 Å². The molecule has 136 valence electrons. The third-order valence-corrected chi connectivity index (χ3v) is 4.02. The van der Waals surface area contributed by atoms with Gasteiger partial charge in [0.25, 0.3) is 0 Å². The first kappa shape index (κ1) is 17.0. The van der Waals surface area contributed by atoms with Gasteiger partial charge in [0.2, 0.25) is 0 Å². The van der Waals surface area contributed by atoms with Gasteiger partial charge in [-0.1, -0.05) is 5.16 Å². The largest absolute Gasteiger partial charge is 0.485 e. The van der Waals surface area contributed by atoms with Gasteiger partial charge in [-0.3, -0.25) is 0 Å². The Balaban J connectivity index is 1.53. The van der Waals surface area contributed by atoms with Crippen molar-refractivity contribution < 1.29 is 22.5 Å². The van der Waals surface area contributed by atoms with Crippen LogP contribution in [0.15, 0.2) is 62.3 Å². The summed E-state index contributed by atoms with van der Waals surface area (Å²) in [7, 11) is 0. The summed E-state index contributed by atoms with van der Waals surface area (Å²) in [5.74, 6) is -0.538. The topological polar surface area (TPSA) is 65.5 Å². The van der Waals surface area contributed by atoms with Gasteiger partial charge in [-0.2, -0.15) is 0 Å². The Bertz CT molecular complexity index is 1180. The molecule has 4 rings (SSSR count). The highest BCUT2D eigenvalue weighted by molar-refractivity contribution is 5.81. The molecule has 0 atom stereocenters. The van der Waals surface area contributed by atoms with Gasteiger partial charge in [0, 0.05) is 35.2 Å². The zero-order valence-electron chi connectivity index (χ0n) is 14.2. The number of benzene rings is 2. The van der Waals surface area contributed by atoms with E-state index in [4.69, 9.17) is 13.7 Å². The summed E-state index contributed by atoms with van der Waals surface area (Å²) in [5.41, 5.74) is 1.37. The summed E-state index contributed by atoms with van der Waals surface area (Å²) < 4.78 is 42.6. The number of halogens is 2. The maximum atomic E-state index is 13.3. The predicted octanol–water partition coefficient (Wildman–Crippen LogP) is 4.61. The predicted molar refractivity (Wildman–Crippen MR) is 93.4 cm³/mol. The molecule has 0 aliphatic heterocycles. The summed E-state index contributed by atoms with van der Waals surface area (Å²) in [5, 5.41) is 4.62. The molecule has 5 nitrogen and oxygen atoms in total. The van der Waals surface area contributed by atoms with E-state index in [0.29, 0.717) is 22.8 Å². The van der Waals surface area contributed by atoms with Gasteiger partial charge in [-0.05, 0) is 36.8 Å². The van der Waals surface area contributed by atoms with E-state index < -0.39 is 17.3 Å². The number of hydrogen-bond acceptors (Lipinski definition) is 5. The van der Waals surface area contributed by atoms with Gasteiger partial charge in [-0.15, -0.1) is 0 Å². The van der Waals surface area contributed by atoms with Gasteiger partial charge in [0.15, 0.2) is 5.76 Å². The Morgan fingerprint density at radius 1 is 1.04 bits per heavy atom. The summed E-state index contributed by atoms with van der Waals surface area (Å²) in [4.78, 5) is 11.5. The molecule has 0 bridgehead atoms. The van der Waals surface area contributed by atoms with Crippen LogP contribution in [0.5, 0.6) is 5.75 Å². The number of ether oxygens (including phenoxy) is 1. The fourth-order valence-electron chi connectivity index (χ4n) is 2.77. The highest BCUT2D eigenvalue weighted by atomic mass is 19.1. The Labute approximate surface area is 151 Å². The lowest BCUT2D eigenvalue weighted by molar-refractivity contribution is 0.249. The molecule has 27 heavy (non-hydrogen) atoms. The molecule has 2 aromatic heterocycles. The number of hydrogen-bond donors (Lipinski definition) is 0. The summed E-state index contributed by atoms with van der Waals surface area (Å²) in [6.07, 6.45) is 0. The Hall–Kier alpha value is -3.48. The lowest BCUT2D eigenvalue weighted by atomic mass is 10.1. The molecule has 0 N–H and O–H groups in total. The minimum Gasteiger partial charge on any atom is -0.485 e. The molecule has 0 aliphatic rings. The lowest BCUT2D eigenvalue weighted by Crippen LogP contribution is -1.98. The van der Waals surface area contributed by atoms with Gasteiger partial charge in [0.1, 0.15) is 35.3 Å². The standard InChI is InChI=1S/C20H13F2NO4/c1-11-4-20(24)26-19-9-15(2-3-17(11)19)25-10-16-8-18(23-27-16)12-5-13(21)7-14(22)6-12/h2-9H,10H2,1H3. The Morgan fingerprint density at radius 3 is 2.59 bits per heavy atom. The second kappa shape index (κ2) is 6.68. The Kier molecular flexibility index (Phi) is 4.19.